The summed E-state index contributed by atoms with van der Waals surface area (Å²) in [5.74, 6) is 2.18. The fourth-order valence-corrected chi connectivity index (χ4v) is 5.33. The zero-order chi connectivity index (χ0) is 39.4. The first kappa shape index (κ1) is 38.6. The molecule has 8 aromatic heterocycles. The number of nitrogens with two attached hydrogens (primary N) is 2. The molecule has 0 aromatic carbocycles. The van der Waals surface area contributed by atoms with Crippen LogP contribution in [0.5, 0.6) is 0 Å². The number of H-pyrrole nitrogens is 2. The SMILES string of the molecule is CC(C)n1cnc2c(=O)[nH]cnc21.CC(C)n1cnc2c(N)ncnc21.Cc1nc(N)c2ncn(C(C)C)c2n1.Cc1nc2c(ncn2C(C)C)c(=O)[nH]1. The molecular formula is C34H46N18O2. The molecular weight excluding hydrogens is 692 g/mol. The summed E-state index contributed by atoms with van der Waals surface area (Å²) in [5, 5.41) is 0. The van der Waals surface area contributed by atoms with Crippen LogP contribution in [-0.4, -0.2) is 78.1 Å². The summed E-state index contributed by atoms with van der Waals surface area (Å²) >= 11 is 0. The third kappa shape index (κ3) is 8.06. The number of aromatic amines is 2. The minimum Gasteiger partial charge on any atom is -0.382 e. The largest absolute Gasteiger partial charge is 0.382 e. The Labute approximate surface area is 309 Å². The van der Waals surface area contributed by atoms with Crippen LogP contribution in [-0.2, 0) is 0 Å². The van der Waals surface area contributed by atoms with E-state index in [1.54, 1.807) is 32.2 Å². The van der Waals surface area contributed by atoms with Gasteiger partial charge >= 0.3 is 0 Å². The fourth-order valence-electron chi connectivity index (χ4n) is 5.33. The molecule has 8 rings (SSSR count). The number of rotatable bonds is 4. The third-order valence-electron chi connectivity index (χ3n) is 8.09. The smallest absolute Gasteiger partial charge is 0.279 e. The average Bonchev–Trinajstić information content (AvgIpc) is 3.90. The molecule has 0 aliphatic carbocycles. The molecule has 8 heterocycles. The minimum atomic E-state index is -0.190. The average molecular weight is 739 g/mol. The minimum absolute atomic E-state index is 0.174. The van der Waals surface area contributed by atoms with Gasteiger partial charge in [-0.3, -0.25) is 9.59 Å². The molecule has 20 heteroatoms. The monoisotopic (exact) mass is 738 g/mol. The Kier molecular flexibility index (Phi) is 11.4. The molecule has 0 saturated carbocycles. The van der Waals surface area contributed by atoms with E-state index in [1.165, 1.54) is 12.7 Å². The maximum absolute atomic E-state index is 11.5. The molecule has 284 valence electrons. The molecule has 0 fully saturated rings. The lowest BCUT2D eigenvalue weighted by molar-refractivity contribution is 0.612. The molecule has 0 unspecified atom stereocenters. The van der Waals surface area contributed by atoms with Crippen molar-refractivity contribution in [3.63, 3.8) is 0 Å². The van der Waals surface area contributed by atoms with Crippen molar-refractivity contribution in [3.8, 4) is 0 Å². The summed E-state index contributed by atoms with van der Waals surface area (Å²) in [7, 11) is 0. The van der Waals surface area contributed by atoms with Crippen molar-refractivity contribution >= 4 is 56.3 Å². The second-order valence-corrected chi connectivity index (χ2v) is 13.5. The Bertz CT molecular complexity index is 2640. The number of aryl methyl sites for hydroxylation is 2. The molecule has 8 aromatic rings. The number of nitrogens with one attached hydrogen (secondary N) is 2. The summed E-state index contributed by atoms with van der Waals surface area (Å²) in [6.07, 6.45) is 9.62. The summed E-state index contributed by atoms with van der Waals surface area (Å²) in [5.41, 5.74) is 16.1. The summed E-state index contributed by atoms with van der Waals surface area (Å²) in [4.78, 5) is 68.9. The maximum Gasteiger partial charge on any atom is 0.279 e. The maximum atomic E-state index is 11.5. The van der Waals surface area contributed by atoms with E-state index in [1.807, 2.05) is 52.9 Å². The number of imidazole rings is 4. The van der Waals surface area contributed by atoms with E-state index < -0.39 is 0 Å². The molecule has 6 N–H and O–H groups in total. The molecule has 20 nitrogen and oxygen atoms in total. The van der Waals surface area contributed by atoms with Gasteiger partial charge in [0.25, 0.3) is 11.1 Å². The molecule has 0 atom stereocenters. The van der Waals surface area contributed by atoms with Crippen LogP contribution in [0, 0.1) is 13.8 Å². The van der Waals surface area contributed by atoms with Gasteiger partial charge in [0.1, 0.15) is 29.0 Å². The second-order valence-electron chi connectivity index (χ2n) is 13.5. The first-order valence-electron chi connectivity index (χ1n) is 17.3. The molecule has 0 radical (unpaired) electrons. The van der Waals surface area contributed by atoms with Gasteiger partial charge in [-0.2, -0.15) is 0 Å². The van der Waals surface area contributed by atoms with Gasteiger partial charge in [0, 0.05) is 24.2 Å². The van der Waals surface area contributed by atoms with Crippen LogP contribution in [0.25, 0.3) is 44.7 Å². The summed E-state index contributed by atoms with van der Waals surface area (Å²) in [6.45, 7) is 20.0. The predicted octanol–water partition coefficient (Wildman–Crippen LogP) is 4.00. The normalized spacial score (nSPS) is 11.4. The second kappa shape index (κ2) is 16.0. The summed E-state index contributed by atoms with van der Waals surface area (Å²) < 4.78 is 7.70. The number of aromatic nitrogens is 16. The highest BCUT2D eigenvalue weighted by atomic mass is 16.1. The van der Waals surface area contributed by atoms with Crippen molar-refractivity contribution in [3.05, 3.63) is 70.3 Å². The molecule has 0 saturated heterocycles. The van der Waals surface area contributed by atoms with Crippen molar-refractivity contribution in [2.24, 2.45) is 0 Å². The first-order valence-corrected chi connectivity index (χ1v) is 17.3. The molecule has 54 heavy (non-hydrogen) atoms. The number of anilines is 2. The third-order valence-corrected chi connectivity index (χ3v) is 8.09. The van der Waals surface area contributed by atoms with Gasteiger partial charge in [-0.15, -0.1) is 0 Å². The van der Waals surface area contributed by atoms with Crippen LogP contribution >= 0.6 is 0 Å². The van der Waals surface area contributed by atoms with Crippen molar-refractivity contribution < 1.29 is 0 Å². The van der Waals surface area contributed by atoms with Gasteiger partial charge in [0.05, 0.1) is 31.6 Å². The van der Waals surface area contributed by atoms with E-state index in [0.717, 1.165) is 11.3 Å². The van der Waals surface area contributed by atoms with Crippen LogP contribution in [0.3, 0.4) is 0 Å². The molecule has 0 aliphatic rings. The lowest BCUT2D eigenvalue weighted by Crippen LogP contribution is -2.11. The Balaban J connectivity index is 0.000000139. The predicted molar refractivity (Wildman–Crippen MR) is 207 cm³/mol. The van der Waals surface area contributed by atoms with Gasteiger partial charge in [-0.25, -0.2) is 49.8 Å². The van der Waals surface area contributed by atoms with E-state index in [-0.39, 0.29) is 23.2 Å². The van der Waals surface area contributed by atoms with Gasteiger partial charge < -0.3 is 39.7 Å². The Morgan fingerprint density at radius 2 is 0.963 bits per heavy atom. The molecule has 0 spiro atoms. The molecule has 0 amide bonds. The number of hydrogen-bond acceptors (Lipinski definition) is 14. The van der Waals surface area contributed by atoms with Crippen LogP contribution in [0.15, 0.2) is 47.6 Å². The van der Waals surface area contributed by atoms with Crippen molar-refractivity contribution in [2.75, 3.05) is 11.5 Å². The first-order chi connectivity index (χ1) is 25.6. The van der Waals surface area contributed by atoms with E-state index >= 15 is 0 Å². The summed E-state index contributed by atoms with van der Waals surface area (Å²) in [6, 6.07) is 1.18. The van der Waals surface area contributed by atoms with Gasteiger partial charge in [-0.05, 0) is 69.2 Å². The van der Waals surface area contributed by atoms with Crippen LogP contribution in [0.1, 0.15) is 91.2 Å². The quantitative estimate of drug-likeness (QED) is 0.199. The van der Waals surface area contributed by atoms with Crippen molar-refractivity contribution in [2.45, 2.75) is 93.4 Å². The van der Waals surface area contributed by atoms with E-state index in [4.69, 9.17) is 11.5 Å². The van der Waals surface area contributed by atoms with Gasteiger partial charge in [0.2, 0.25) is 0 Å². The Morgan fingerprint density at radius 1 is 0.519 bits per heavy atom. The highest BCUT2D eigenvalue weighted by molar-refractivity contribution is 5.82. The van der Waals surface area contributed by atoms with Crippen LogP contribution < -0.4 is 22.6 Å². The van der Waals surface area contributed by atoms with Gasteiger partial charge in [0.15, 0.2) is 45.3 Å². The lowest BCUT2D eigenvalue weighted by Gasteiger charge is -2.07. The number of nitrogen functional groups attached to an aromatic ring is 2. The number of hydrogen-bond donors (Lipinski definition) is 4. The van der Waals surface area contributed by atoms with E-state index in [9.17, 15) is 9.59 Å². The van der Waals surface area contributed by atoms with Crippen LogP contribution in [0.4, 0.5) is 11.6 Å². The zero-order valence-corrected chi connectivity index (χ0v) is 32.0. The van der Waals surface area contributed by atoms with E-state index in [2.05, 4.69) is 87.5 Å². The van der Waals surface area contributed by atoms with Crippen molar-refractivity contribution in [1.29, 1.82) is 0 Å². The molecule has 0 aliphatic heterocycles. The Hall–Kier alpha value is -6.60. The highest BCUT2D eigenvalue weighted by Crippen LogP contribution is 2.20. The highest BCUT2D eigenvalue weighted by Gasteiger charge is 2.13. The lowest BCUT2D eigenvalue weighted by atomic mass is 10.4. The standard InChI is InChI=1S/C9H13N5.C9H12N4O.C8H11N5.C8H10N4O/c1-5(2)14-4-11-7-8(10)12-6(3)13-9(7)14;1-5(2)13-4-10-7-8(13)11-6(3)12-9(7)14;1-5(2)13-4-12-6-7(9)10-3-11-8(6)13;1-5(2)12-4-11-6-7(12)9-3-10-8(6)13/h4-5H,1-3H3,(H2,10,12,13);4-5H,1-3H3,(H,11,12,14);3-5H,1-2H3,(H2,9,10,11);3-5H,1-2H3,(H,9,10,13). The van der Waals surface area contributed by atoms with Crippen molar-refractivity contribution in [1.82, 2.24) is 78.1 Å². The number of fused-ring (bicyclic) bond motifs is 4. The molecule has 0 bridgehead atoms. The van der Waals surface area contributed by atoms with Gasteiger partial charge in [-0.1, -0.05) is 0 Å². The van der Waals surface area contributed by atoms with Crippen LogP contribution in [0.2, 0.25) is 0 Å². The fraction of sp³-hybridized carbons (Fsp3) is 0.412. The Morgan fingerprint density at radius 3 is 1.50 bits per heavy atom. The van der Waals surface area contributed by atoms with E-state index in [0.29, 0.717) is 68.7 Å². The number of nitrogens with zero attached hydrogens (tertiary/aromatic N) is 14. The zero-order valence-electron chi connectivity index (χ0n) is 32.0. The topological polar surface area (TPSA) is 266 Å².